The normalized spacial score (nSPS) is 10.8. The molecule has 2 nitrogen and oxygen atoms in total. The van der Waals surface area contributed by atoms with Crippen LogP contribution in [0.25, 0.3) is 0 Å². The summed E-state index contributed by atoms with van der Waals surface area (Å²) in [7, 11) is 1.29. The molecule has 0 radical (unpaired) electrons. The summed E-state index contributed by atoms with van der Waals surface area (Å²) in [5.74, 6) is -0.575. The Kier molecular flexibility index (Phi) is 7.41. The van der Waals surface area contributed by atoms with E-state index < -0.39 is 18.3 Å². The molecule has 0 aliphatic rings. The second-order valence-corrected chi connectivity index (χ2v) is 4.39. The molecule has 0 aromatic heterocycles. The Morgan fingerprint density at radius 2 is 1.64 bits per heavy atom. The quantitative estimate of drug-likeness (QED) is 0.583. The number of hydrogen-bond acceptors (Lipinski definition) is 2. The molecule has 0 spiro atoms. The second kappa shape index (κ2) is 8.35. The standard InChI is InChI=1S/C14H12BF4O2.K/c1-20-12-6-7-14(13(8-12)15(17,18)19)21-9-10-2-4-11(16)5-3-10;/h2-8H,9H2,1H3;/q-1;+1. The van der Waals surface area contributed by atoms with Crippen molar-refractivity contribution in [2.24, 2.45) is 0 Å². The fourth-order valence-corrected chi connectivity index (χ4v) is 1.78. The van der Waals surface area contributed by atoms with Crippen LogP contribution in [0.4, 0.5) is 17.3 Å². The maximum atomic E-state index is 13.0. The van der Waals surface area contributed by atoms with Crippen LogP contribution in [0.3, 0.4) is 0 Å². The van der Waals surface area contributed by atoms with Crippen molar-refractivity contribution < 1.29 is 78.2 Å². The van der Waals surface area contributed by atoms with Gasteiger partial charge < -0.3 is 22.4 Å². The van der Waals surface area contributed by atoms with E-state index in [1.165, 1.54) is 43.5 Å². The van der Waals surface area contributed by atoms with Crippen LogP contribution in [0.5, 0.6) is 11.5 Å². The predicted octanol–water partition coefficient (Wildman–Crippen LogP) is 0.472. The Morgan fingerprint density at radius 1 is 1.00 bits per heavy atom. The van der Waals surface area contributed by atoms with Gasteiger partial charge in [0.15, 0.2) is 0 Å². The minimum absolute atomic E-state index is 0. The summed E-state index contributed by atoms with van der Waals surface area (Å²) < 4.78 is 61.8. The van der Waals surface area contributed by atoms with E-state index in [-0.39, 0.29) is 69.5 Å². The average Bonchev–Trinajstić information content (AvgIpc) is 2.45. The van der Waals surface area contributed by atoms with Gasteiger partial charge in [-0.25, -0.2) is 4.39 Å². The van der Waals surface area contributed by atoms with Crippen molar-refractivity contribution in [1.82, 2.24) is 0 Å². The summed E-state index contributed by atoms with van der Waals surface area (Å²) in [5, 5.41) is 0. The average molecular weight is 338 g/mol. The number of hydrogen-bond donors (Lipinski definition) is 0. The van der Waals surface area contributed by atoms with Gasteiger partial charge in [-0.3, -0.25) is 0 Å². The largest absolute Gasteiger partial charge is 1.00 e. The van der Waals surface area contributed by atoms with E-state index in [4.69, 9.17) is 9.47 Å². The zero-order chi connectivity index (χ0) is 15.5. The first-order chi connectivity index (χ1) is 9.90. The van der Waals surface area contributed by atoms with E-state index in [1.54, 1.807) is 0 Å². The summed E-state index contributed by atoms with van der Waals surface area (Å²) in [5.41, 5.74) is -0.274. The van der Waals surface area contributed by atoms with E-state index in [9.17, 15) is 17.3 Å². The van der Waals surface area contributed by atoms with Crippen LogP contribution < -0.4 is 66.3 Å². The predicted molar refractivity (Wildman–Crippen MR) is 72.4 cm³/mol. The minimum Gasteiger partial charge on any atom is -0.497 e. The SMILES string of the molecule is COc1ccc(OCc2ccc(F)cc2)c([B-](F)(F)F)c1.[K+]. The van der Waals surface area contributed by atoms with Gasteiger partial charge in [0.05, 0.1) is 12.9 Å². The molecule has 0 bridgehead atoms. The Hall–Kier alpha value is -0.539. The van der Waals surface area contributed by atoms with Crippen LogP contribution in [0.1, 0.15) is 5.56 Å². The molecule has 0 fully saturated rings. The molecule has 0 aliphatic heterocycles. The van der Waals surface area contributed by atoms with E-state index in [0.717, 1.165) is 6.07 Å². The van der Waals surface area contributed by atoms with Gasteiger partial charge in [-0.15, -0.1) is 0 Å². The first-order valence-corrected chi connectivity index (χ1v) is 6.15. The van der Waals surface area contributed by atoms with Crippen molar-refractivity contribution in [3.05, 3.63) is 53.8 Å². The van der Waals surface area contributed by atoms with Crippen molar-refractivity contribution in [1.29, 1.82) is 0 Å². The maximum absolute atomic E-state index is 13.0. The summed E-state index contributed by atoms with van der Waals surface area (Å²) in [4.78, 5) is 0. The molecular weight excluding hydrogens is 326 g/mol. The Bertz CT molecular complexity index is 617. The zero-order valence-electron chi connectivity index (χ0n) is 12.2. The molecule has 0 unspecified atom stereocenters. The van der Waals surface area contributed by atoms with Gasteiger partial charge in [0.25, 0.3) is 0 Å². The molecule has 0 amide bonds. The monoisotopic (exact) mass is 338 g/mol. The molecule has 0 saturated heterocycles. The van der Waals surface area contributed by atoms with Crippen LogP contribution in [0, 0.1) is 5.82 Å². The molecule has 2 aromatic carbocycles. The third-order valence-electron chi connectivity index (χ3n) is 2.88. The van der Waals surface area contributed by atoms with Crippen molar-refractivity contribution in [3.8, 4) is 11.5 Å². The number of ether oxygens (including phenoxy) is 2. The summed E-state index contributed by atoms with van der Waals surface area (Å²) >= 11 is 0. The van der Waals surface area contributed by atoms with Gasteiger partial charge in [-0.05, 0) is 35.9 Å². The third-order valence-corrected chi connectivity index (χ3v) is 2.88. The van der Waals surface area contributed by atoms with Crippen LogP contribution >= 0.6 is 0 Å². The summed E-state index contributed by atoms with van der Waals surface area (Å²) in [6.45, 7) is -5.30. The Balaban J connectivity index is 0.00000242. The topological polar surface area (TPSA) is 18.5 Å². The van der Waals surface area contributed by atoms with Crippen LogP contribution in [-0.2, 0) is 6.61 Å². The molecule has 0 atom stereocenters. The molecule has 2 aromatic rings. The van der Waals surface area contributed by atoms with Gasteiger partial charge in [0.2, 0.25) is 0 Å². The second-order valence-electron chi connectivity index (χ2n) is 4.39. The maximum Gasteiger partial charge on any atom is 1.00 e. The number of benzene rings is 2. The smallest absolute Gasteiger partial charge is 0.497 e. The van der Waals surface area contributed by atoms with E-state index in [0.29, 0.717) is 5.56 Å². The molecule has 0 saturated carbocycles. The number of halogens is 4. The molecule has 2 rings (SSSR count). The first-order valence-electron chi connectivity index (χ1n) is 6.15. The van der Waals surface area contributed by atoms with Gasteiger partial charge in [0, 0.05) is 0 Å². The minimum atomic E-state index is -5.22. The molecule has 8 heteroatoms. The fraction of sp³-hybridized carbons (Fsp3) is 0.143. The molecule has 0 N–H and O–H groups in total. The van der Waals surface area contributed by atoms with Crippen molar-refractivity contribution >= 4 is 12.4 Å². The fourth-order valence-electron chi connectivity index (χ4n) is 1.78. The first kappa shape index (κ1) is 19.5. The van der Waals surface area contributed by atoms with Gasteiger partial charge >= 0.3 is 58.4 Å². The van der Waals surface area contributed by atoms with Gasteiger partial charge in [-0.2, -0.15) is 0 Å². The molecule has 0 aliphatic carbocycles. The number of methoxy groups -OCH3 is 1. The molecule has 0 heterocycles. The molecular formula is C14H12BF4KO2. The number of rotatable bonds is 5. The van der Waals surface area contributed by atoms with E-state index >= 15 is 0 Å². The van der Waals surface area contributed by atoms with E-state index in [1.807, 2.05) is 0 Å². The third kappa shape index (κ3) is 5.27. The van der Waals surface area contributed by atoms with Crippen molar-refractivity contribution in [3.63, 3.8) is 0 Å². The Morgan fingerprint density at radius 3 is 2.18 bits per heavy atom. The van der Waals surface area contributed by atoms with Crippen LogP contribution in [-0.4, -0.2) is 14.1 Å². The molecule has 22 heavy (non-hydrogen) atoms. The zero-order valence-corrected chi connectivity index (χ0v) is 15.3. The van der Waals surface area contributed by atoms with Crippen LogP contribution in [0.15, 0.2) is 42.5 Å². The van der Waals surface area contributed by atoms with Crippen molar-refractivity contribution in [2.45, 2.75) is 6.61 Å². The molecule has 112 valence electrons. The van der Waals surface area contributed by atoms with E-state index in [2.05, 4.69) is 0 Å². The van der Waals surface area contributed by atoms with Crippen LogP contribution in [0.2, 0.25) is 0 Å². The summed E-state index contributed by atoms with van der Waals surface area (Å²) in [6, 6.07) is 8.87. The van der Waals surface area contributed by atoms with Crippen molar-refractivity contribution in [2.75, 3.05) is 7.11 Å². The Labute approximate surface area is 168 Å². The summed E-state index contributed by atoms with van der Waals surface area (Å²) in [6.07, 6.45) is 0. The van der Waals surface area contributed by atoms with Gasteiger partial charge in [-0.1, -0.05) is 17.6 Å². The van der Waals surface area contributed by atoms with Gasteiger partial charge in [0.1, 0.15) is 18.2 Å².